The van der Waals surface area contributed by atoms with Gasteiger partial charge in [0.1, 0.15) is 5.57 Å². The Balaban J connectivity index is 2.04. The molecule has 1 saturated heterocycles. The topological polar surface area (TPSA) is 54.3 Å². The van der Waals surface area contributed by atoms with Gasteiger partial charge in [-0.25, -0.2) is 0 Å². The van der Waals surface area contributed by atoms with Crippen molar-refractivity contribution < 1.29 is 9.59 Å². The van der Waals surface area contributed by atoms with E-state index in [1.165, 1.54) is 4.90 Å². The zero-order chi connectivity index (χ0) is 19.7. The van der Waals surface area contributed by atoms with Crippen molar-refractivity contribution in [3.8, 4) is 5.69 Å². The first kappa shape index (κ1) is 19.1. The number of aromatic nitrogens is 1. The second kappa shape index (κ2) is 7.50. The molecule has 7 heteroatoms. The number of carbonyl (C=O) groups is 2. The van der Waals surface area contributed by atoms with Crippen LogP contribution in [0.15, 0.2) is 48.6 Å². The molecule has 2 aromatic rings. The van der Waals surface area contributed by atoms with Crippen molar-refractivity contribution in [2.75, 3.05) is 6.54 Å². The minimum atomic E-state index is -0.499. The maximum Gasteiger partial charge on any atom is 0.265 e. The lowest BCUT2D eigenvalue weighted by Gasteiger charge is -2.27. The highest BCUT2D eigenvalue weighted by molar-refractivity contribution is 7.80. The average Bonchev–Trinajstić information content (AvgIpc) is 2.90. The van der Waals surface area contributed by atoms with E-state index < -0.39 is 11.8 Å². The number of carbonyl (C=O) groups excluding carboxylic acids is 2. The van der Waals surface area contributed by atoms with Gasteiger partial charge in [0.15, 0.2) is 5.11 Å². The maximum absolute atomic E-state index is 12.7. The SMILES string of the molecule is C=CCN1C(=O)/C(=C\c2cc(C)n(-c3ccc(Cl)cc3)c2C)C(=O)NC1=S. The van der Waals surface area contributed by atoms with Crippen molar-refractivity contribution in [1.82, 2.24) is 14.8 Å². The van der Waals surface area contributed by atoms with Gasteiger partial charge in [0.25, 0.3) is 11.8 Å². The zero-order valence-corrected chi connectivity index (χ0v) is 16.5. The smallest absolute Gasteiger partial charge is 0.265 e. The number of halogens is 1. The number of nitrogens with one attached hydrogen (secondary N) is 1. The zero-order valence-electron chi connectivity index (χ0n) is 15.0. The molecule has 1 aliphatic heterocycles. The average molecular weight is 400 g/mol. The first-order valence-corrected chi connectivity index (χ1v) is 9.06. The predicted molar refractivity (Wildman–Crippen MR) is 111 cm³/mol. The van der Waals surface area contributed by atoms with E-state index in [0.29, 0.717) is 5.02 Å². The van der Waals surface area contributed by atoms with Gasteiger partial charge in [-0.1, -0.05) is 17.7 Å². The lowest BCUT2D eigenvalue weighted by atomic mass is 10.1. The van der Waals surface area contributed by atoms with Crippen LogP contribution in [0.5, 0.6) is 0 Å². The molecule has 1 aromatic heterocycles. The van der Waals surface area contributed by atoms with E-state index in [1.54, 1.807) is 12.2 Å². The van der Waals surface area contributed by atoms with Crippen molar-refractivity contribution in [2.45, 2.75) is 13.8 Å². The van der Waals surface area contributed by atoms with Crippen LogP contribution in [0.4, 0.5) is 0 Å². The molecule has 27 heavy (non-hydrogen) atoms. The third kappa shape index (κ3) is 3.59. The summed E-state index contributed by atoms with van der Waals surface area (Å²) >= 11 is 11.0. The number of hydrogen-bond donors (Lipinski definition) is 1. The molecule has 0 atom stereocenters. The van der Waals surface area contributed by atoms with Crippen LogP contribution in [-0.4, -0.2) is 32.9 Å². The Labute approximate surface area is 167 Å². The molecule has 5 nitrogen and oxygen atoms in total. The molecule has 1 aliphatic rings. The van der Waals surface area contributed by atoms with Gasteiger partial charge in [0.2, 0.25) is 0 Å². The molecule has 138 valence electrons. The van der Waals surface area contributed by atoms with Gasteiger partial charge in [-0.3, -0.25) is 19.8 Å². The minimum Gasteiger partial charge on any atom is -0.318 e. The summed E-state index contributed by atoms with van der Waals surface area (Å²) < 4.78 is 2.04. The van der Waals surface area contributed by atoms with E-state index in [9.17, 15) is 9.59 Å². The summed E-state index contributed by atoms with van der Waals surface area (Å²) in [6, 6.07) is 9.41. The molecule has 0 unspecified atom stereocenters. The molecule has 2 heterocycles. The Morgan fingerprint density at radius 1 is 1.22 bits per heavy atom. The van der Waals surface area contributed by atoms with Gasteiger partial charge < -0.3 is 4.57 Å². The van der Waals surface area contributed by atoms with E-state index in [0.717, 1.165) is 22.6 Å². The molecule has 1 N–H and O–H groups in total. The standard InChI is InChI=1S/C20H18ClN3O2S/c1-4-9-23-19(26)17(18(25)22-20(23)27)11-14-10-12(2)24(13(14)3)16-7-5-15(21)6-8-16/h4-8,10-11H,1,9H2,2-3H3,(H,22,25,27)/b17-11-. The van der Waals surface area contributed by atoms with E-state index in [2.05, 4.69) is 11.9 Å². The molecule has 0 bridgehead atoms. The molecular formula is C20H18ClN3O2S. The maximum atomic E-state index is 12.7. The summed E-state index contributed by atoms with van der Waals surface area (Å²) in [6.45, 7) is 7.76. The number of hydrogen-bond acceptors (Lipinski definition) is 3. The number of benzene rings is 1. The monoisotopic (exact) mass is 399 g/mol. The van der Waals surface area contributed by atoms with Crippen LogP contribution < -0.4 is 5.32 Å². The van der Waals surface area contributed by atoms with Crippen molar-refractivity contribution in [1.29, 1.82) is 0 Å². The number of aryl methyl sites for hydroxylation is 1. The van der Waals surface area contributed by atoms with E-state index in [-0.39, 0.29) is 17.2 Å². The molecular weight excluding hydrogens is 382 g/mol. The Bertz CT molecular complexity index is 989. The van der Waals surface area contributed by atoms with Gasteiger partial charge in [0, 0.05) is 28.6 Å². The van der Waals surface area contributed by atoms with E-state index in [4.69, 9.17) is 23.8 Å². The molecule has 0 saturated carbocycles. The summed E-state index contributed by atoms with van der Waals surface area (Å²) in [6.07, 6.45) is 3.16. The Morgan fingerprint density at radius 2 is 1.89 bits per heavy atom. The number of thiocarbonyl (C=S) groups is 1. The van der Waals surface area contributed by atoms with Gasteiger partial charge in [-0.15, -0.1) is 6.58 Å². The van der Waals surface area contributed by atoms with Gasteiger partial charge >= 0.3 is 0 Å². The molecule has 1 fully saturated rings. The third-order valence-electron chi connectivity index (χ3n) is 4.35. The predicted octanol–water partition coefficient (Wildman–Crippen LogP) is 3.56. The normalized spacial score (nSPS) is 16.0. The summed E-state index contributed by atoms with van der Waals surface area (Å²) in [7, 11) is 0. The quantitative estimate of drug-likeness (QED) is 0.370. The largest absolute Gasteiger partial charge is 0.318 e. The van der Waals surface area contributed by atoms with E-state index in [1.807, 2.05) is 48.7 Å². The molecule has 0 spiro atoms. The lowest BCUT2D eigenvalue weighted by Crippen LogP contribution is -2.53. The minimum absolute atomic E-state index is 0.0433. The second-order valence-corrected chi connectivity index (χ2v) is 6.98. The van der Waals surface area contributed by atoms with Gasteiger partial charge in [-0.05, 0) is 68.0 Å². The highest BCUT2D eigenvalue weighted by Crippen LogP contribution is 2.25. The van der Waals surface area contributed by atoms with Crippen molar-refractivity contribution in [2.24, 2.45) is 0 Å². The third-order valence-corrected chi connectivity index (χ3v) is 4.93. The first-order chi connectivity index (χ1) is 12.8. The molecule has 0 aliphatic carbocycles. The number of amides is 2. The van der Waals surface area contributed by atoms with Crippen LogP contribution in [0.2, 0.25) is 5.02 Å². The fraction of sp³-hybridized carbons (Fsp3) is 0.150. The Hall–Kier alpha value is -2.70. The molecule has 1 aromatic carbocycles. The van der Waals surface area contributed by atoms with Crippen molar-refractivity contribution in [3.05, 3.63) is 70.5 Å². The highest BCUT2D eigenvalue weighted by Gasteiger charge is 2.32. The van der Waals surface area contributed by atoms with Crippen LogP contribution in [0.1, 0.15) is 17.0 Å². The molecule has 2 amide bonds. The number of nitrogens with zero attached hydrogens (tertiary/aromatic N) is 2. The highest BCUT2D eigenvalue weighted by atomic mass is 35.5. The molecule has 0 radical (unpaired) electrons. The fourth-order valence-electron chi connectivity index (χ4n) is 3.07. The Morgan fingerprint density at radius 3 is 2.52 bits per heavy atom. The van der Waals surface area contributed by atoms with Gasteiger partial charge in [-0.2, -0.15) is 0 Å². The summed E-state index contributed by atoms with van der Waals surface area (Å²) in [5.41, 5.74) is 3.66. The Kier molecular flexibility index (Phi) is 5.30. The van der Waals surface area contributed by atoms with Crippen molar-refractivity contribution in [3.63, 3.8) is 0 Å². The summed E-state index contributed by atoms with van der Waals surface area (Å²) in [4.78, 5) is 26.3. The van der Waals surface area contributed by atoms with E-state index >= 15 is 0 Å². The molecule has 3 rings (SSSR count). The number of rotatable bonds is 4. The van der Waals surface area contributed by atoms with Crippen LogP contribution in [0, 0.1) is 13.8 Å². The second-order valence-electron chi connectivity index (χ2n) is 6.16. The van der Waals surface area contributed by atoms with Crippen LogP contribution >= 0.6 is 23.8 Å². The van der Waals surface area contributed by atoms with Crippen molar-refractivity contribution >= 4 is 46.8 Å². The fourth-order valence-corrected chi connectivity index (χ4v) is 3.44. The van der Waals surface area contributed by atoms with Crippen LogP contribution in [-0.2, 0) is 9.59 Å². The summed E-state index contributed by atoms with van der Waals surface area (Å²) in [5, 5.41) is 3.30. The summed E-state index contributed by atoms with van der Waals surface area (Å²) in [5.74, 6) is -0.929. The van der Waals surface area contributed by atoms with Crippen LogP contribution in [0.25, 0.3) is 11.8 Å². The van der Waals surface area contributed by atoms with Crippen LogP contribution in [0.3, 0.4) is 0 Å². The van der Waals surface area contributed by atoms with Gasteiger partial charge in [0.05, 0.1) is 0 Å². The first-order valence-electron chi connectivity index (χ1n) is 8.28. The lowest BCUT2D eigenvalue weighted by molar-refractivity contribution is -0.128.